The van der Waals surface area contributed by atoms with Crippen LogP contribution in [0.5, 0.6) is 5.75 Å². The third kappa shape index (κ3) is 2.32. The van der Waals surface area contributed by atoms with Crippen molar-refractivity contribution < 1.29 is 14.9 Å². The van der Waals surface area contributed by atoms with Gasteiger partial charge in [-0.2, -0.15) is 5.10 Å². The molecule has 18 heavy (non-hydrogen) atoms. The van der Waals surface area contributed by atoms with E-state index < -0.39 is 0 Å². The van der Waals surface area contributed by atoms with Crippen LogP contribution in [0.2, 0.25) is 0 Å². The summed E-state index contributed by atoms with van der Waals surface area (Å²) in [6.07, 6.45) is 1.34. The summed E-state index contributed by atoms with van der Waals surface area (Å²) in [6.45, 7) is 2.26. The number of methoxy groups -OCH3 is 1. The van der Waals surface area contributed by atoms with E-state index in [0.29, 0.717) is 12.2 Å². The second kappa shape index (κ2) is 4.87. The summed E-state index contributed by atoms with van der Waals surface area (Å²) in [5, 5.41) is 12.9. The lowest BCUT2D eigenvalue weighted by Gasteiger charge is -2.05. The first kappa shape index (κ1) is 12.1. The Morgan fingerprint density at radius 1 is 1.39 bits per heavy atom. The van der Waals surface area contributed by atoms with Crippen LogP contribution in [0.1, 0.15) is 11.3 Å². The van der Waals surface area contributed by atoms with Gasteiger partial charge in [0.15, 0.2) is 0 Å². The first-order valence-corrected chi connectivity index (χ1v) is 5.43. The minimum atomic E-state index is -0.174. The summed E-state index contributed by atoms with van der Waals surface area (Å²) < 4.78 is 6.73. The van der Waals surface area contributed by atoms with Crippen molar-refractivity contribution in [3.8, 4) is 5.75 Å². The second-order valence-electron chi connectivity index (χ2n) is 3.89. The Kier molecular flexibility index (Phi) is 3.27. The van der Waals surface area contributed by atoms with E-state index in [2.05, 4.69) is 5.10 Å². The highest BCUT2D eigenvalue weighted by Gasteiger charge is 2.20. The van der Waals surface area contributed by atoms with Crippen molar-refractivity contribution in [3.05, 3.63) is 46.6 Å². The molecule has 1 aromatic carbocycles. The molecule has 1 N–H and O–H groups in total. The molecule has 6 heteroatoms. The van der Waals surface area contributed by atoms with Gasteiger partial charge in [-0.15, -0.1) is 0 Å². The number of rotatable bonds is 4. The molecule has 0 aliphatic carbocycles. The average Bonchev–Trinajstić information content (AvgIpc) is 2.72. The molecule has 0 fully saturated rings. The van der Waals surface area contributed by atoms with Gasteiger partial charge in [-0.3, -0.25) is 4.68 Å². The zero-order valence-electron chi connectivity index (χ0n) is 10.2. The molecule has 0 spiro atoms. The van der Waals surface area contributed by atoms with Crippen LogP contribution in [0.3, 0.4) is 0 Å². The fraction of sp³-hybridized carbons (Fsp3) is 0.250. The molecule has 0 aliphatic rings. The Bertz CT molecular complexity index is 560. The quantitative estimate of drug-likeness (QED) is 0.841. The van der Waals surface area contributed by atoms with Gasteiger partial charge < -0.3 is 4.74 Å². The number of hydrogen-bond donors (Lipinski definition) is 1. The molecule has 0 bridgehead atoms. The molecular weight excluding hydrogens is 234 g/mol. The van der Waals surface area contributed by atoms with Crippen LogP contribution in [-0.4, -0.2) is 27.0 Å². The number of hydrogen-bond acceptors (Lipinski definition) is 3. The zero-order valence-corrected chi connectivity index (χ0v) is 10.2. The third-order valence-electron chi connectivity index (χ3n) is 2.77. The van der Waals surface area contributed by atoms with E-state index in [-0.39, 0.29) is 10.6 Å². The van der Waals surface area contributed by atoms with Crippen LogP contribution in [0.15, 0.2) is 30.5 Å². The molecule has 1 aromatic heterocycles. The molecule has 0 atom stereocenters. The highest BCUT2D eigenvalue weighted by molar-refractivity contribution is 5.32. The Morgan fingerprint density at radius 2 is 2.06 bits per heavy atom. The molecule has 0 unspecified atom stereocenters. The molecule has 0 radical (unpaired) electrons. The lowest BCUT2D eigenvalue weighted by atomic mass is 10.2. The maximum Gasteiger partial charge on any atom is 0.356 e. The van der Waals surface area contributed by atoms with E-state index in [1.54, 1.807) is 18.7 Å². The second-order valence-corrected chi connectivity index (χ2v) is 3.89. The van der Waals surface area contributed by atoms with E-state index in [1.165, 1.54) is 6.20 Å². The first-order chi connectivity index (χ1) is 8.61. The summed E-state index contributed by atoms with van der Waals surface area (Å²) in [6, 6.07) is 7.57. The van der Waals surface area contributed by atoms with Crippen molar-refractivity contribution in [2.75, 3.05) is 7.11 Å². The van der Waals surface area contributed by atoms with Crippen molar-refractivity contribution >= 4 is 5.69 Å². The van der Waals surface area contributed by atoms with Crippen molar-refractivity contribution in [1.82, 2.24) is 9.78 Å². The van der Waals surface area contributed by atoms with Crippen LogP contribution in [-0.2, 0) is 6.54 Å². The maximum absolute atomic E-state index is 10.8. The van der Waals surface area contributed by atoms with Gasteiger partial charge in [0.05, 0.1) is 18.6 Å². The molecule has 0 saturated heterocycles. The highest BCUT2D eigenvalue weighted by Crippen LogP contribution is 2.18. The van der Waals surface area contributed by atoms with E-state index >= 15 is 0 Å². The molecule has 1 heterocycles. The van der Waals surface area contributed by atoms with E-state index in [9.17, 15) is 4.91 Å². The van der Waals surface area contributed by atoms with Gasteiger partial charge in [0.2, 0.25) is 0 Å². The summed E-state index contributed by atoms with van der Waals surface area (Å²) in [5.74, 6) is 0.790. The lowest BCUT2D eigenvalue weighted by molar-refractivity contribution is -0.730. The lowest BCUT2D eigenvalue weighted by Crippen LogP contribution is -2.04. The fourth-order valence-electron chi connectivity index (χ4n) is 1.69. The molecular formula is C12H14N3O3+. The van der Waals surface area contributed by atoms with Gasteiger partial charge in [-0.1, -0.05) is 12.1 Å². The summed E-state index contributed by atoms with van der Waals surface area (Å²) in [5.41, 5.74) is 1.80. The largest absolute Gasteiger partial charge is 0.497 e. The van der Waals surface area contributed by atoms with Crippen LogP contribution < -0.4 is 4.74 Å². The fourth-order valence-corrected chi connectivity index (χ4v) is 1.69. The molecule has 0 saturated carbocycles. The van der Waals surface area contributed by atoms with Crippen molar-refractivity contribution in [3.63, 3.8) is 0 Å². The number of ether oxygens (including phenoxy) is 1. The minimum Gasteiger partial charge on any atom is -0.497 e. The van der Waals surface area contributed by atoms with Crippen LogP contribution in [0.25, 0.3) is 0 Å². The Balaban J connectivity index is 2.20. The van der Waals surface area contributed by atoms with E-state index in [0.717, 1.165) is 11.3 Å². The maximum atomic E-state index is 10.8. The Labute approximate surface area is 104 Å². The molecule has 2 rings (SSSR count). The summed E-state index contributed by atoms with van der Waals surface area (Å²) >= 11 is 0. The van der Waals surface area contributed by atoms with Gasteiger partial charge in [-0.05, 0) is 24.6 Å². The Hall–Kier alpha value is -2.37. The van der Waals surface area contributed by atoms with Gasteiger partial charge in [0, 0.05) is 0 Å². The van der Waals surface area contributed by atoms with Gasteiger partial charge >= 0.3 is 5.69 Å². The average molecular weight is 248 g/mol. The summed E-state index contributed by atoms with van der Waals surface area (Å²) in [4.78, 5) is 10.6. The van der Waals surface area contributed by atoms with Gasteiger partial charge in [0.1, 0.15) is 17.6 Å². The molecule has 0 amide bonds. The van der Waals surface area contributed by atoms with Crippen LogP contribution in [0, 0.1) is 11.8 Å². The number of nitrogens with zero attached hydrogens (tertiary/aromatic N) is 3. The number of benzene rings is 1. The minimum absolute atomic E-state index is 0.156. The predicted molar refractivity (Wildman–Crippen MR) is 64.1 cm³/mol. The molecule has 2 aromatic rings. The van der Waals surface area contributed by atoms with Crippen molar-refractivity contribution in [2.45, 2.75) is 13.5 Å². The summed E-state index contributed by atoms with van der Waals surface area (Å²) in [7, 11) is 1.61. The Morgan fingerprint density at radius 3 is 2.56 bits per heavy atom. The smallest absolute Gasteiger partial charge is 0.356 e. The van der Waals surface area contributed by atoms with E-state index in [4.69, 9.17) is 9.94 Å². The topological polar surface area (TPSA) is 67.4 Å². The van der Waals surface area contributed by atoms with Crippen molar-refractivity contribution in [2.24, 2.45) is 0 Å². The predicted octanol–water partition coefficient (Wildman–Crippen LogP) is 2.05. The highest BCUT2D eigenvalue weighted by atomic mass is 16.6. The molecule has 94 valence electrons. The normalized spacial score (nSPS) is 10.3. The van der Waals surface area contributed by atoms with Gasteiger partial charge in [0.25, 0.3) is 4.92 Å². The third-order valence-corrected chi connectivity index (χ3v) is 2.77. The van der Waals surface area contributed by atoms with E-state index in [1.807, 2.05) is 24.3 Å². The standard InChI is InChI=1S/C12H14N3O3/c1-9-12(15(16)17)7-13-14(9)8-10-3-5-11(18-2)6-4-10/h3-7H,8H2,1-2H3,(H,16,17)/q+1. The van der Waals surface area contributed by atoms with Gasteiger partial charge in [-0.25, -0.2) is 5.21 Å². The first-order valence-electron chi connectivity index (χ1n) is 5.43. The number of aromatic nitrogens is 2. The van der Waals surface area contributed by atoms with Crippen LogP contribution in [0.4, 0.5) is 5.69 Å². The zero-order chi connectivity index (χ0) is 13.1. The van der Waals surface area contributed by atoms with Crippen molar-refractivity contribution in [1.29, 1.82) is 0 Å². The molecule has 0 aliphatic heterocycles. The molecule has 6 nitrogen and oxygen atoms in total. The van der Waals surface area contributed by atoms with Crippen LogP contribution >= 0.6 is 0 Å². The monoisotopic (exact) mass is 248 g/mol. The SMILES string of the molecule is COc1ccc(Cn2ncc([N+](=O)O)c2C)cc1.